The lowest BCUT2D eigenvalue weighted by Gasteiger charge is -2.32. The first-order chi connectivity index (χ1) is 19.9. The number of imidazole rings is 1. The average molecular weight is 556 g/mol. The summed E-state index contributed by atoms with van der Waals surface area (Å²) in [5.74, 6) is 0.582. The van der Waals surface area contributed by atoms with Crippen molar-refractivity contribution in [2.45, 2.75) is 56.9 Å². The number of hydrogen-bond donors (Lipinski definition) is 1. The first kappa shape index (κ1) is 25.9. The number of benzene rings is 1. The first-order valence-electron chi connectivity index (χ1n) is 14.1. The van der Waals surface area contributed by atoms with Gasteiger partial charge < -0.3 is 19.1 Å². The van der Waals surface area contributed by atoms with E-state index < -0.39 is 11.8 Å². The molecule has 3 atom stereocenters. The number of nitrogens with zero attached hydrogens (tertiary/aromatic N) is 5. The van der Waals surface area contributed by atoms with Crippen molar-refractivity contribution in [1.29, 1.82) is 5.26 Å². The molecule has 3 unspecified atom stereocenters. The Morgan fingerprint density at radius 2 is 2.17 bits per heavy atom. The van der Waals surface area contributed by atoms with Gasteiger partial charge in [-0.3, -0.25) is 4.90 Å². The average Bonchev–Trinajstić information content (AvgIpc) is 3.40. The fourth-order valence-electron chi connectivity index (χ4n) is 6.49. The zero-order valence-electron chi connectivity index (χ0n) is 22.6. The number of rotatable bonds is 9. The van der Waals surface area contributed by atoms with Crippen LogP contribution in [-0.2, 0) is 41.1 Å². The molecule has 1 aromatic carbocycles. The number of nitriles is 1. The van der Waals surface area contributed by atoms with Crippen LogP contribution < -0.4 is 4.74 Å². The summed E-state index contributed by atoms with van der Waals surface area (Å²) < 4.78 is 28.0. The summed E-state index contributed by atoms with van der Waals surface area (Å²) in [5.41, 5.74) is 3.86. The third kappa shape index (κ3) is 4.79. The van der Waals surface area contributed by atoms with Crippen LogP contribution in [0, 0.1) is 23.1 Å². The molecule has 9 nitrogen and oxygen atoms in total. The highest BCUT2D eigenvalue weighted by Crippen LogP contribution is 2.59. The van der Waals surface area contributed by atoms with Crippen LogP contribution in [-0.4, -0.2) is 56.3 Å². The second-order valence-electron chi connectivity index (χ2n) is 11.5. The van der Waals surface area contributed by atoms with E-state index in [0.29, 0.717) is 35.9 Å². The molecule has 3 fully saturated rings. The fraction of sp³-hybridized carbons (Fsp3) is 0.419. The van der Waals surface area contributed by atoms with Crippen LogP contribution >= 0.6 is 0 Å². The lowest BCUT2D eigenvalue weighted by Crippen LogP contribution is -2.38. The molecule has 0 bridgehead atoms. The van der Waals surface area contributed by atoms with Crippen molar-refractivity contribution in [3.8, 4) is 11.9 Å². The minimum absolute atomic E-state index is 0.0334. The van der Waals surface area contributed by atoms with Gasteiger partial charge in [-0.05, 0) is 56.0 Å². The molecule has 2 aromatic heterocycles. The molecule has 1 saturated carbocycles. The van der Waals surface area contributed by atoms with Crippen LogP contribution in [0.5, 0.6) is 5.88 Å². The van der Waals surface area contributed by atoms with Gasteiger partial charge in [-0.2, -0.15) is 5.26 Å². The molecule has 1 N–H and O–H groups in total. The van der Waals surface area contributed by atoms with Crippen LogP contribution in [0.25, 0.3) is 6.08 Å². The number of aromatic nitrogens is 3. The summed E-state index contributed by atoms with van der Waals surface area (Å²) in [7, 11) is 0. The Labute approximate surface area is 236 Å². The van der Waals surface area contributed by atoms with Crippen LogP contribution in [0.1, 0.15) is 53.3 Å². The standard InChI is InChI=1S/C31H30FN5O4/c32-24-10-19(14-33)4-5-20(24)18-41-29-3-1-2-27(35-29)31-7-8-36(15-22(31)13-31)17-28-34-25-11-21(30(38)39)12-26(25)37(28)16-23-6-9-40-23/h1-5,10-11,22-23H,6-9,12-13,15-18H2,(H,38,39). The lowest BCUT2D eigenvalue weighted by atomic mass is 9.91. The zero-order valence-corrected chi connectivity index (χ0v) is 22.6. The van der Waals surface area contributed by atoms with Crippen molar-refractivity contribution < 1.29 is 23.8 Å². The molecule has 0 spiro atoms. The smallest absolute Gasteiger partial charge is 0.332 e. The third-order valence-corrected chi connectivity index (χ3v) is 9.05. The lowest BCUT2D eigenvalue weighted by molar-refractivity contribution is -0.132. The second-order valence-corrected chi connectivity index (χ2v) is 11.5. The number of ether oxygens (including phenoxy) is 2. The van der Waals surface area contributed by atoms with Crippen LogP contribution in [0.15, 0.2) is 42.0 Å². The zero-order chi connectivity index (χ0) is 28.1. The molecule has 3 aromatic rings. The van der Waals surface area contributed by atoms with Gasteiger partial charge in [-0.15, -0.1) is 0 Å². The minimum Gasteiger partial charge on any atom is -0.478 e. The van der Waals surface area contributed by atoms with Gasteiger partial charge in [0.25, 0.3) is 0 Å². The SMILES string of the molecule is N#Cc1ccc(COc2cccc(C34CCN(Cc5nc6c(n5CC5CCO5)CC(C(=O)O)=C6)CC3C4)n2)c(F)c1. The highest BCUT2D eigenvalue weighted by Gasteiger charge is 2.58. The monoisotopic (exact) mass is 555 g/mol. The number of pyridine rings is 1. The summed E-state index contributed by atoms with van der Waals surface area (Å²) in [5, 5.41) is 18.4. The molecule has 2 aliphatic heterocycles. The number of carbonyl (C=O) groups is 1. The molecule has 4 aliphatic rings. The Kier molecular flexibility index (Phi) is 6.36. The molecule has 0 amide bonds. The van der Waals surface area contributed by atoms with Crippen molar-refractivity contribution >= 4 is 12.0 Å². The van der Waals surface area contributed by atoms with Crippen LogP contribution in [0.4, 0.5) is 4.39 Å². The molecule has 2 saturated heterocycles. The van der Waals surface area contributed by atoms with E-state index in [0.717, 1.165) is 68.4 Å². The maximum absolute atomic E-state index is 14.3. The molecule has 7 rings (SSSR count). The van der Waals surface area contributed by atoms with Crippen molar-refractivity contribution in [1.82, 2.24) is 19.4 Å². The Bertz CT molecular complexity index is 1610. The fourth-order valence-corrected chi connectivity index (χ4v) is 6.49. The maximum atomic E-state index is 14.3. The van der Waals surface area contributed by atoms with Crippen molar-refractivity contribution in [3.63, 3.8) is 0 Å². The van der Waals surface area contributed by atoms with E-state index in [9.17, 15) is 14.3 Å². The van der Waals surface area contributed by atoms with E-state index >= 15 is 0 Å². The van der Waals surface area contributed by atoms with Crippen molar-refractivity contribution in [2.75, 3.05) is 19.7 Å². The van der Waals surface area contributed by atoms with Gasteiger partial charge in [0.05, 0.1) is 42.2 Å². The first-order valence-corrected chi connectivity index (χ1v) is 14.1. The summed E-state index contributed by atoms with van der Waals surface area (Å²) in [6.45, 7) is 4.10. The molecular formula is C31H30FN5O4. The number of halogens is 1. The van der Waals surface area contributed by atoms with E-state index in [1.54, 1.807) is 24.3 Å². The molecule has 0 radical (unpaired) electrons. The van der Waals surface area contributed by atoms with Gasteiger partial charge >= 0.3 is 5.97 Å². The van der Waals surface area contributed by atoms with Gasteiger partial charge in [0.2, 0.25) is 5.88 Å². The van der Waals surface area contributed by atoms with E-state index in [2.05, 4.69) is 15.5 Å². The molecular weight excluding hydrogens is 525 g/mol. The number of carboxylic acid groups (broad SMARTS) is 1. The van der Waals surface area contributed by atoms with Crippen molar-refractivity contribution in [3.05, 3.63) is 81.8 Å². The predicted octanol–water partition coefficient (Wildman–Crippen LogP) is 3.84. The number of likely N-dealkylation sites (tertiary alicyclic amines) is 1. The van der Waals surface area contributed by atoms with Crippen molar-refractivity contribution in [2.24, 2.45) is 5.92 Å². The van der Waals surface area contributed by atoms with E-state index in [4.69, 9.17) is 24.7 Å². The van der Waals surface area contributed by atoms with Gasteiger partial charge in [0.1, 0.15) is 18.2 Å². The number of carboxylic acids is 1. The predicted molar refractivity (Wildman–Crippen MR) is 145 cm³/mol. The molecule has 210 valence electrons. The highest BCUT2D eigenvalue weighted by atomic mass is 19.1. The Morgan fingerprint density at radius 3 is 2.90 bits per heavy atom. The summed E-state index contributed by atoms with van der Waals surface area (Å²) in [6.07, 6.45) is 5.32. The van der Waals surface area contributed by atoms with Gasteiger partial charge in [-0.25, -0.2) is 19.2 Å². The normalized spacial score (nSPS) is 24.5. The molecule has 4 heterocycles. The Balaban J connectivity index is 1.02. The van der Waals surface area contributed by atoms with Crippen LogP contribution in [0.2, 0.25) is 0 Å². The van der Waals surface area contributed by atoms with Gasteiger partial charge in [-0.1, -0.05) is 12.1 Å². The molecule has 2 aliphatic carbocycles. The Morgan fingerprint density at radius 1 is 1.29 bits per heavy atom. The minimum atomic E-state index is -0.887. The number of aliphatic carboxylic acids is 1. The number of fused-ring (bicyclic) bond motifs is 2. The number of piperidine rings is 1. The molecule has 41 heavy (non-hydrogen) atoms. The topological polar surface area (TPSA) is 114 Å². The Hall–Kier alpha value is -4.07. The van der Waals surface area contributed by atoms with E-state index in [1.165, 1.54) is 6.07 Å². The highest BCUT2D eigenvalue weighted by molar-refractivity contribution is 5.94. The van der Waals surface area contributed by atoms with Crippen LogP contribution in [0.3, 0.4) is 0 Å². The second kappa shape index (κ2) is 10.1. The number of hydrogen-bond acceptors (Lipinski definition) is 7. The summed E-state index contributed by atoms with van der Waals surface area (Å²) in [4.78, 5) is 23.7. The largest absolute Gasteiger partial charge is 0.478 e. The molecule has 10 heteroatoms. The van der Waals surface area contributed by atoms with E-state index in [-0.39, 0.29) is 23.7 Å². The quantitative estimate of drug-likeness (QED) is 0.424. The van der Waals surface area contributed by atoms with E-state index in [1.807, 2.05) is 12.1 Å². The van der Waals surface area contributed by atoms with Gasteiger partial charge in [0.15, 0.2) is 0 Å². The summed E-state index contributed by atoms with van der Waals surface area (Å²) >= 11 is 0. The summed E-state index contributed by atoms with van der Waals surface area (Å²) in [6, 6.07) is 12.1. The third-order valence-electron chi connectivity index (χ3n) is 9.05. The maximum Gasteiger partial charge on any atom is 0.332 e. The van der Waals surface area contributed by atoms with Gasteiger partial charge in [0, 0.05) is 47.9 Å².